The summed E-state index contributed by atoms with van der Waals surface area (Å²) in [5.74, 6) is 0.830. The molecule has 1 unspecified atom stereocenters. The minimum Gasteiger partial charge on any atom is -0.492 e. The summed E-state index contributed by atoms with van der Waals surface area (Å²) in [6.07, 6.45) is 1.99. The Morgan fingerprint density at radius 3 is 2.96 bits per heavy atom. The van der Waals surface area contributed by atoms with Gasteiger partial charge in [0.1, 0.15) is 12.4 Å². The minimum atomic E-state index is -0.139. The molecular formula is C19H22N2O2. The van der Waals surface area contributed by atoms with Crippen LogP contribution in [0.5, 0.6) is 5.75 Å². The third-order valence-electron chi connectivity index (χ3n) is 4.08. The van der Waals surface area contributed by atoms with Crippen molar-refractivity contribution in [1.29, 1.82) is 0 Å². The molecule has 0 bridgehead atoms. The molecule has 23 heavy (non-hydrogen) atoms. The summed E-state index contributed by atoms with van der Waals surface area (Å²) in [5, 5.41) is 5.89. The average molecular weight is 310 g/mol. The van der Waals surface area contributed by atoms with Gasteiger partial charge in [0.25, 0.3) is 0 Å². The fraction of sp³-hybridized carbons (Fsp3) is 0.316. The van der Waals surface area contributed by atoms with E-state index in [4.69, 9.17) is 4.74 Å². The molecule has 0 aliphatic heterocycles. The predicted molar refractivity (Wildman–Crippen MR) is 90.7 cm³/mol. The molecule has 0 radical (unpaired) electrons. The van der Waals surface area contributed by atoms with Crippen molar-refractivity contribution < 1.29 is 9.53 Å². The Labute approximate surface area is 136 Å². The quantitative estimate of drug-likeness (QED) is 0.832. The first kappa shape index (κ1) is 15.4. The third kappa shape index (κ3) is 4.03. The van der Waals surface area contributed by atoms with E-state index in [0.717, 1.165) is 24.2 Å². The van der Waals surface area contributed by atoms with Gasteiger partial charge in [-0.25, -0.2) is 4.79 Å². The number of amides is 2. The molecule has 0 saturated heterocycles. The van der Waals surface area contributed by atoms with Crippen LogP contribution in [-0.2, 0) is 6.42 Å². The maximum Gasteiger partial charge on any atom is 0.315 e. The summed E-state index contributed by atoms with van der Waals surface area (Å²) in [5.41, 5.74) is 3.73. The van der Waals surface area contributed by atoms with Gasteiger partial charge in [0, 0.05) is 0 Å². The molecule has 4 heteroatoms. The van der Waals surface area contributed by atoms with Crippen LogP contribution in [0.1, 0.15) is 29.2 Å². The highest BCUT2D eigenvalue weighted by atomic mass is 16.5. The maximum atomic E-state index is 12.0. The molecule has 0 heterocycles. The molecule has 4 nitrogen and oxygen atoms in total. The standard InChI is InChI=1S/C19H22N2O2/c1-14-5-4-7-16(13-14)23-12-11-20-19(22)21-18-10-9-15-6-2-3-8-17(15)18/h2-8,13,18H,9-12H2,1H3,(H2,20,21,22). The second-order valence-electron chi connectivity index (χ2n) is 5.86. The van der Waals surface area contributed by atoms with Gasteiger partial charge in [0.15, 0.2) is 0 Å². The van der Waals surface area contributed by atoms with Crippen LogP contribution in [-0.4, -0.2) is 19.2 Å². The normalized spacial score (nSPS) is 15.8. The predicted octanol–water partition coefficient (Wildman–Crippen LogP) is 3.36. The van der Waals surface area contributed by atoms with Gasteiger partial charge in [0.05, 0.1) is 12.6 Å². The lowest BCUT2D eigenvalue weighted by Gasteiger charge is -2.15. The molecule has 120 valence electrons. The van der Waals surface area contributed by atoms with Crippen molar-refractivity contribution in [2.45, 2.75) is 25.8 Å². The molecule has 2 aromatic rings. The molecule has 1 aliphatic rings. The van der Waals surface area contributed by atoms with Gasteiger partial charge in [-0.2, -0.15) is 0 Å². The van der Waals surface area contributed by atoms with Crippen molar-refractivity contribution in [2.24, 2.45) is 0 Å². The highest BCUT2D eigenvalue weighted by Crippen LogP contribution is 2.30. The number of hydrogen-bond donors (Lipinski definition) is 2. The van der Waals surface area contributed by atoms with Crippen LogP contribution in [0.3, 0.4) is 0 Å². The molecule has 1 atom stereocenters. The lowest BCUT2D eigenvalue weighted by atomic mass is 10.1. The van der Waals surface area contributed by atoms with Crippen molar-refractivity contribution >= 4 is 6.03 Å². The van der Waals surface area contributed by atoms with Crippen molar-refractivity contribution in [3.63, 3.8) is 0 Å². The summed E-state index contributed by atoms with van der Waals surface area (Å²) in [4.78, 5) is 12.0. The van der Waals surface area contributed by atoms with Crippen LogP contribution in [0, 0.1) is 6.92 Å². The molecule has 0 saturated carbocycles. The fourth-order valence-corrected chi connectivity index (χ4v) is 2.95. The number of carbonyl (C=O) groups excluding carboxylic acids is 1. The number of aryl methyl sites for hydroxylation is 2. The first-order valence-corrected chi connectivity index (χ1v) is 8.04. The van der Waals surface area contributed by atoms with Crippen LogP contribution in [0.2, 0.25) is 0 Å². The number of nitrogens with one attached hydrogen (secondary N) is 2. The summed E-state index contributed by atoms with van der Waals surface area (Å²) in [6.45, 7) is 2.96. The van der Waals surface area contributed by atoms with E-state index in [1.165, 1.54) is 11.1 Å². The SMILES string of the molecule is Cc1cccc(OCCNC(=O)NC2CCc3ccccc32)c1. The van der Waals surface area contributed by atoms with E-state index >= 15 is 0 Å². The molecular weight excluding hydrogens is 288 g/mol. The van der Waals surface area contributed by atoms with Crippen LogP contribution < -0.4 is 15.4 Å². The summed E-state index contributed by atoms with van der Waals surface area (Å²) in [7, 11) is 0. The van der Waals surface area contributed by atoms with Gasteiger partial charge < -0.3 is 15.4 Å². The summed E-state index contributed by atoms with van der Waals surface area (Å²) < 4.78 is 5.62. The lowest BCUT2D eigenvalue weighted by Crippen LogP contribution is -2.39. The molecule has 3 rings (SSSR count). The van der Waals surface area contributed by atoms with Gasteiger partial charge in [-0.05, 0) is 48.6 Å². The number of urea groups is 1. The third-order valence-corrected chi connectivity index (χ3v) is 4.08. The van der Waals surface area contributed by atoms with E-state index < -0.39 is 0 Å². The number of benzene rings is 2. The number of carbonyl (C=O) groups is 1. The van der Waals surface area contributed by atoms with E-state index in [1.807, 2.05) is 43.3 Å². The summed E-state index contributed by atoms with van der Waals surface area (Å²) in [6, 6.07) is 16.1. The Balaban J connectivity index is 1.41. The molecule has 0 fully saturated rings. The average Bonchev–Trinajstić information content (AvgIpc) is 2.95. The number of rotatable bonds is 5. The van der Waals surface area contributed by atoms with Crippen LogP contribution in [0.25, 0.3) is 0 Å². The van der Waals surface area contributed by atoms with Crippen LogP contribution in [0.15, 0.2) is 48.5 Å². The number of hydrogen-bond acceptors (Lipinski definition) is 2. The smallest absolute Gasteiger partial charge is 0.315 e. The van der Waals surface area contributed by atoms with E-state index in [0.29, 0.717) is 13.2 Å². The second-order valence-corrected chi connectivity index (χ2v) is 5.86. The van der Waals surface area contributed by atoms with Gasteiger partial charge in [-0.3, -0.25) is 0 Å². The Bertz CT molecular complexity index is 685. The molecule has 0 aromatic heterocycles. The zero-order valence-electron chi connectivity index (χ0n) is 13.3. The van der Waals surface area contributed by atoms with Crippen molar-refractivity contribution in [3.8, 4) is 5.75 Å². The van der Waals surface area contributed by atoms with Crippen LogP contribution in [0.4, 0.5) is 4.79 Å². The zero-order valence-corrected chi connectivity index (χ0v) is 13.3. The number of fused-ring (bicyclic) bond motifs is 1. The number of ether oxygens (including phenoxy) is 1. The molecule has 2 N–H and O–H groups in total. The molecule has 1 aliphatic carbocycles. The van der Waals surface area contributed by atoms with Crippen molar-refractivity contribution in [1.82, 2.24) is 10.6 Å². The van der Waals surface area contributed by atoms with Gasteiger partial charge in [-0.1, -0.05) is 36.4 Å². The van der Waals surface area contributed by atoms with Gasteiger partial charge in [-0.15, -0.1) is 0 Å². The zero-order chi connectivity index (χ0) is 16.1. The Morgan fingerprint density at radius 1 is 1.22 bits per heavy atom. The largest absolute Gasteiger partial charge is 0.492 e. The van der Waals surface area contributed by atoms with Crippen molar-refractivity contribution in [2.75, 3.05) is 13.2 Å². The Hall–Kier alpha value is -2.49. The first-order valence-electron chi connectivity index (χ1n) is 8.04. The first-order chi connectivity index (χ1) is 11.2. The van der Waals surface area contributed by atoms with Crippen molar-refractivity contribution in [3.05, 3.63) is 65.2 Å². The lowest BCUT2D eigenvalue weighted by molar-refractivity contribution is 0.232. The Kier molecular flexibility index (Phi) is 4.81. The monoisotopic (exact) mass is 310 g/mol. The second kappa shape index (κ2) is 7.18. The van der Waals surface area contributed by atoms with Gasteiger partial charge in [0.2, 0.25) is 0 Å². The topological polar surface area (TPSA) is 50.4 Å². The van der Waals surface area contributed by atoms with Gasteiger partial charge >= 0.3 is 6.03 Å². The fourth-order valence-electron chi connectivity index (χ4n) is 2.95. The molecule has 0 spiro atoms. The van der Waals surface area contributed by atoms with E-state index in [2.05, 4.69) is 22.8 Å². The van der Waals surface area contributed by atoms with E-state index in [-0.39, 0.29) is 12.1 Å². The summed E-state index contributed by atoms with van der Waals surface area (Å²) >= 11 is 0. The highest BCUT2D eigenvalue weighted by Gasteiger charge is 2.22. The molecule has 2 amide bonds. The Morgan fingerprint density at radius 2 is 2.09 bits per heavy atom. The maximum absolute atomic E-state index is 12.0. The molecule has 2 aromatic carbocycles. The van der Waals surface area contributed by atoms with Crippen LogP contribution >= 0.6 is 0 Å². The minimum absolute atomic E-state index is 0.115. The highest BCUT2D eigenvalue weighted by molar-refractivity contribution is 5.74. The van der Waals surface area contributed by atoms with E-state index in [9.17, 15) is 4.79 Å². The van der Waals surface area contributed by atoms with E-state index in [1.54, 1.807) is 0 Å².